The zero-order valence-electron chi connectivity index (χ0n) is 34.6. The predicted octanol–water partition coefficient (Wildman–Crippen LogP) is 8.76. The molecule has 53 heavy (non-hydrogen) atoms. The number of aliphatic hydroxyl groups is 8. The van der Waals surface area contributed by atoms with Crippen LogP contribution in [0.5, 0.6) is 0 Å². The van der Waals surface area contributed by atoms with Crippen LogP contribution < -0.4 is 0 Å². The van der Waals surface area contributed by atoms with E-state index in [4.69, 9.17) is 0 Å². The molecule has 318 valence electrons. The molecule has 0 aliphatic heterocycles. The van der Waals surface area contributed by atoms with Crippen molar-refractivity contribution in [1.29, 1.82) is 0 Å². The van der Waals surface area contributed by atoms with Gasteiger partial charge in [0.25, 0.3) is 0 Å². The molecule has 0 spiro atoms. The van der Waals surface area contributed by atoms with Crippen molar-refractivity contribution in [2.24, 2.45) is 21.7 Å². The molecule has 1 saturated carbocycles. The third-order valence-electron chi connectivity index (χ3n) is 14.3. The van der Waals surface area contributed by atoms with E-state index >= 15 is 0 Å². The monoisotopic (exact) mass is 759 g/mol. The maximum Gasteiger partial charge on any atom is 0.0436 e. The van der Waals surface area contributed by atoms with Gasteiger partial charge in [-0.25, -0.2) is 0 Å². The molecule has 0 heterocycles. The Morgan fingerprint density at radius 2 is 0.358 bits per heavy atom. The van der Waals surface area contributed by atoms with Crippen molar-refractivity contribution in [2.75, 3.05) is 52.9 Å². The van der Waals surface area contributed by atoms with Crippen LogP contribution in [-0.4, -0.2) is 93.7 Å². The second-order valence-corrected chi connectivity index (χ2v) is 17.1. The van der Waals surface area contributed by atoms with E-state index in [1.807, 2.05) is 0 Å². The van der Waals surface area contributed by atoms with Crippen LogP contribution in [0.4, 0.5) is 0 Å². The minimum Gasteiger partial charge on any atom is -0.396 e. The number of aliphatic hydroxyl groups excluding tert-OH is 8. The third kappa shape index (κ3) is 16.2. The first kappa shape index (κ1) is 50.7. The molecule has 1 fully saturated rings. The molecule has 0 aromatic rings. The minimum absolute atomic E-state index is 0.125. The molecule has 8 heteroatoms. The second-order valence-electron chi connectivity index (χ2n) is 17.1. The van der Waals surface area contributed by atoms with Gasteiger partial charge >= 0.3 is 0 Å². The van der Waals surface area contributed by atoms with Crippen molar-refractivity contribution in [2.45, 2.75) is 212 Å². The van der Waals surface area contributed by atoms with E-state index in [0.29, 0.717) is 38.5 Å². The molecule has 0 aromatic carbocycles. The lowest BCUT2D eigenvalue weighted by atomic mass is 9.36. The summed E-state index contributed by atoms with van der Waals surface area (Å²) in [5.74, 6) is 0. The molecule has 0 saturated heterocycles. The van der Waals surface area contributed by atoms with Crippen LogP contribution in [0.15, 0.2) is 0 Å². The first-order chi connectivity index (χ1) is 25.9. The smallest absolute Gasteiger partial charge is 0.0436 e. The zero-order valence-corrected chi connectivity index (χ0v) is 34.6. The van der Waals surface area contributed by atoms with Gasteiger partial charge in [-0.3, -0.25) is 0 Å². The van der Waals surface area contributed by atoms with Gasteiger partial charge in [0.2, 0.25) is 0 Å². The maximum absolute atomic E-state index is 11.0. The Bertz CT molecular complexity index is 719. The van der Waals surface area contributed by atoms with Gasteiger partial charge in [0.1, 0.15) is 0 Å². The van der Waals surface area contributed by atoms with Gasteiger partial charge < -0.3 is 40.9 Å². The van der Waals surface area contributed by atoms with E-state index in [1.165, 1.54) is 109 Å². The Labute approximate surface area is 326 Å². The van der Waals surface area contributed by atoms with Crippen LogP contribution in [0.1, 0.15) is 212 Å². The molecule has 0 atom stereocenters. The summed E-state index contributed by atoms with van der Waals surface area (Å²) in [6.45, 7) is -1.26. The topological polar surface area (TPSA) is 162 Å². The highest BCUT2D eigenvalue weighted by Crippen LogP contribution is 2.71. The quantitative estimate of drug-likeness (QED) is 0.0775. The average molecular weight is 759 g/mol. The molecule has 1 aliphatic rings. The molecule has 0 amide bonds. The van der Waals surface area contributed by atoms with Gasteiger partial charge in [-0.05, 0) is 85.9 Å². The number of hydrogen-bond donors (Lipinski definition) is 8. The summed E-state index contributed by atoms with van der Waals surface area (Å²) in [5, 5.41) is 86.9. The van der Waals surface area contributed by atoms with Crippen molar-refractivity contribution in [3.05, 3.63) is 0 Å². The summed E-state index contributed by atoms with van der Waals surface area (Å²) in [5.41, 5.74) is -3.26. The van der Waals surface area contributed by atoms with Gasteiger partial charge in [0.15, 0.2) is 0 Å². The molecule has 0 unspecified atom stereocenters. The summed E-state index contributed by atoms with van der Waals surface area (Å²) in [6.07, 6.45) is 32.2. The second kappa shape index (κ2) is 31.7. The van der Waals surface area contributed by atoms with E-state index in [0.717, 1.165) is 38.5 Å². The zero-order chi connectivity index (χ0) is 39.0. The Kier molecular flexibility index (Phi) is 30.4. The molecule has 0 aromatic heterocycles. The van der Waals surface area contributed by atoms with Crippen molar-refractivity contribution in [3.8, 4) is 0 Å². The lowest BCUT2D eigenvalue weighted by molar-refractivity contribution is -0.220. The molecular formula is C45H90O8. The molecule has 0 bridgehead atoms. The maximum atomic E-state index is 11.0. The van der Waals surface area contributed by atoms with Gasteiger partial charge in [0.05, 0.1) is 0 Å². The standard InChI is InChI=1S/C45H90O8/c46-34-26-42(27-35-47)24-22-20-18-16-14-12-10-8-6-4-2-1-3-5-7-9-11-13-15-17-19-21-23-25-43(28-36-48,29-37-49)45(32-40-52,33-41-53)44(42,30-38-50)31-39-51/h46-53H,1-41H2. The van der Waals surface area contributed by atoms with Crippen LogP contribution in [0, 0.1) is 21.7 Å². The van der Waals surface area contributed by atoms with E-state index in [-0.39, 0.29) is 78.5 Å². The lowest BCUT2D eigenvalue weighted by Gasteiger charge is -2.68. The summed E-state index contributed by atoms with van der Waals surface area (Å²) < 4.78 is 0. The van der Waals surface area contributed by atoms with Gasteiger partial charge in [-0.15, -0.1) is 0 Å². The van der Waals surface area contributed by atoms with Crippen LogP contribution in [0.2, 0.25) is 0 Å². The highest BCUT2D eigenvalue weighted by atomic mass is 16.3. The van der Waals surface area contributed by atoms with E-state index in [9.17, 15) is 40.9 Å². The average Bonchev–Trinajstić information content (AvgIpc) is 3.14. The Balaban J connectivity index is 3.67. The molecular weight excluding hydrogens is 668 g/mol. The molecule has 0 radical (unpaired) electrons. The van der Waals surface area contributed by atoms with Crippen molar-refractivity contribution >= 4 is 0 Å². The molecule has 8 N–H and O–H groups in total. The first-order valence-corrected chi connectivity index (χ1v) is 22.8. The fraction of sp³-hybridized carbons (Fsp3) is 1.00. The van der Waals surface area contributed by atoms with Crippen LogP contribution in [0.3, 0.4) is 0 Å². The van der Waals surface area contributed by atoms with Crippen LogP contribution in [-0.2, 0) is 0 Å². The summed E-state index contributed by atoms with van der Waals surface area (Å²) >= 11 is 0. The fourth-order valence-corrected chi connectivity index (χ4v) is 11.7. The molecule has 8 nitrogen and oxygen atoms in total. The van der Waals surface area contributed by atoms with Crippen LogP contribution in [0.25, 0.3) is 0 Å². The van der Waals surface area contributed by atoms with Gasteiger partial charge in [0, 0.05) is 52.9 Å². The summed E-state index contributed by atoms with van der Waals surface area (Å²) in [7, 11) is 0. The third-order valence-corrected chi connectivity index (χ3v) is 14.3. The van der Waals surface area contributed by atoms with Gasteiger partial charge in [-0.1, -0.05) is 148 Å². The highest BCUT2D eigenvalue weighted by molar-refractivity contribution is 5.14. The largest absolute Gasteiger partial charge is 0.396 e. The van der Waals surface area contributed by atoms with E-state index < -0.39 is 21.7 Å². The molecule has 1 rings (SSSR count). The lowest BCUT2D eigenvalue weighted by Crippen LogP contribution is -2.63. The molecule has 1 aliphatic carbocycles. The van der Waals surface area contributed by atoms with Crippen LogP contribution >= 0.6 is 0 Å². The minimum atomic E-state index is -0.910. The van der Waals surface area contributed by atoms with Gasteiger partial charge in [-0.2, -0.15) is 0 Å². The van der Waals surface area contributed by atoms with E-state index in [2.05, 4.69) is 0 Å². The fourth-order valence-electron chi connectivity index (χ4n) is 11.7. The Morgan fingerprint density at radius 3 is 0.509 bits per heavy atom. The Hall–Kier alpha value is -0.320. The normalized spacial score (nSPS) is 22.6. The van der Waals surface area contributed by atoms with E-state index in [1.54, 1.807) is 0 Å². The summed E-state index contributed by atoms with van der Waals surface area (Å²) in [4.78, 5) is 0. The van der Waals surface area contributed by atoms with Crippen molar-refractivity contribution in [1.82, 2.24) is 0 Å². The van der Waals surface area contributed by atoms with Crippen molar-refractivity contribution in [3.63, 3.8) is 0 Å². The first-order valence-electron chi connectivity index (χ1n) is 22.8. The Morgan fingerprint density at radius 1 is 0.208 bits per heavy atom. The number of hydrogen-bond acceptors (Lipinski definition) is 8. The predicted molar refractivity (Wildman–Crippen MR) is 219 cm³/mol. The highest BCUT2D eigenvalue weighted by Gasteiger charge is 2.66. The SMILES string of the molecule is OCCC1(CCO)CCCCCCCCCCCCCCCCCCCCCCCCCC(CCO)(CCO)C(CCO)(CCO)C1(CCO)CCO. The van der Waals surface area contributed by atoms with Crippen molar-refractivity contribution < 1.29 is 40.9 Å². The number of rotatable bonds is 16. The summed E-state index contributed by atoms with van der Waals surface area (Å²) in [6, 6.07) is 0.